The van der Waals surface area contributed by atoms with Crippen molar-refractivity contribution in [1.82, 2.24) is 15.1 Å². The zero-order valence-electron chi connectivity index (χ0n) is 13.8. The zero-order valence-corrected chi connectivity index (χ0v) is 14.7. The number of amides is 1. The molecule has 1 aliphatic rings. The Morgan fingerprint density at radius 2 is 2.28 bits per heavy atom. The van der Waals surface area contributed by atoms with Gasteiger partial charge in [0.15, 0.2) is 5.76 Å². The Morgan fingerprint density at radius 3 is 3.04 bits per heavy atom. The Hall–Kier alpha value is -2.29. The molecule has 0 N–H and O–H groups in total. The minimum absolute atomic E-state index is 0.121. The number of likely N-dealkylation sites (tertiary alicyclic amines) is 1. The van der Waals surface area contributed by atoms with Crippen molar-refractivity contribution in [1.29, 1.82) is 0 Å². The number of thioether (sulfide) groups is 1. The number of aromatic nitrogens is 2. The van der Waals surface area contributed by atoms with Gasteiger partial charge in [-0.1, -0.05) is 11.8 Å². The number of ether oxygens (including phenoxy) is 1. The van der Waals surface area contributed by atoms with Crippen molar-refractivity contribution >= 4 is 23.6 Å². The molecular weight excluding hydrogens is 346 g/mol. The van der Waals surface area contributed by atoms with Gasteiger partial charge in [0, 0.05) is 6.54 Å². The molecule has 9 heteroatoms. The summed E-state index contributed by atoms with van der Waals surface area (Å²) in [5.41, 5.74) is 0. The summed E-state index contributed by atoms with van der Waals surface area (Å²) in [5.74, 6) is 0.390. The summed E-state index contributed by atoms with van der Waals surface area (Å²) < 4.78 is 15.7. The predicted molar refractivity (Wildman–Crippen MR) is 88.7 cm³/mol. The third-order valence-electron chi connectivity index (χ3n) is 3.84. The molecule has 2 aromatic rings. The number of esters is 1. The molecule has 0 saturated carbocycles. The summed E-state index contributed by atoms with van der Waals surface area (Å²) in [7, 11) is 0. The van der Waals surface area contributed by atoms with Crippen molar-refractivity contribution in [3.8, 4) is 11.7 Å². The van der Waals surface area contributed by atoms with Crippen LogP contribution in [0.15, 0.2) is 32.5 Å². The molecule has 134 valence electrons. The van der Waals surface area contributed by atoms with Crippen LogP contribution in [0.5, 0.6) is 0 Å². The second-order valence-corrected chi connectivity index (χ2v) is 6.42. The van der Waals surface area contributed by atoms with Gasteiger partial charge in [-0.3, -0.25) is 4.79 Å². The van der Waals surface area contributed by atoms with Crippen LogP contribution >= 0.6 is 11.8 Å². The van der Waals surface area contributed by atoms with Gasteiger partial charge in [0.1, 0.15) is 6.04 Å². The number of hydrogen-bond acceptors (Lipinski definition) is 8. The van der Waals surface area contributed by atoms with Crippen molar-refractivity contribution in [3.63, 3.8) is 0 Å². The van der Waals surface area contributed by atoms with Crippen LogP contribution in [0.2, 0.25) is 0 Å². The Kier molecular flexibility index (Phi) is 5.75. The van der Waals surface area contributed by atoms with E-state index in [-0.39, 0.29) is 28.7 Å². The number of hydrogen-bond donors (Lipinski definition) is 0. The molecule has 0 unspecified atom stereocenters. The lowest BCUT2D eigenvalue weighted by Crippen LogP contribution is -2.49. The standard InChI is InChI=1S/C16H19N3O5S/c1-2-22-15(21)11-6-3-4-8-19(11)13(20)10-25-16-18-17-14(24-16)12-7-5-9-23-12/h5,7,9,11H,2-4,6,8,10H2,1H3/t11-/m0/s1. The van der Waals surface area contributed by atoms with Gasteiger partial charge in [-0.2, -0.15) is 0 Å². The molecule has 0 spiro atoms. The third-order valence-corrected chi connectivity index (χ3v) is 4.64. The van der Waals surface area contributed by atoms with E-state index >= 15 is 0 Å². The number of carbonyl (C=O) groups excluding carboxylic acids is 2. The zero-order chi connectivity index (χ0) is 17.6. The van der Waals surface area contributed by atoms with Crippen molar-refractivity contribution in [2.45, 2.75) is 37.5 Å². The van der Waals surface area contributed by atoms with E-state index in [2.05, 4.69) is 10.2 Å². The Balaban J connectivity index is 1.58. The smallest absolute Gasteiger partial charge is 0.328 e. The van der Waals surface area contributed by atoms with E-state index in [1.807, 2.05) is 0 Å². The maximum absolute atomic E-state index is 12.5. The van der Waals surface area contributed by atoms with Crippen molar-refractivity contribution in [2.75, 3.05) is 18.9 Å². The van der Waals surface area contributed by atoms with Crippen LogP contribution in [0.4, 0.5) is 0 Å². The third kappa shape index (κ3) is 4.22. The van der Waals surface area contributed by atoms with E-state index in [0.29, 0.717) is 25.3 Å². The number of nitrogens with zero attached hydrogens (tertiary/aromatic N) is 3. The summed E-state index contributed by atoms with van der Waals surface area (Å²) >= 11 is 1.14. The lowest BCUT2D eigenvalue weighted by Gasteiger charge is -2.33. The van der Waals surface area contributed by atoms with E-state index in [0.717, 1.165) is 24.6 Å². The molecule has 0 aliphatic carbocycles. The number of furan rings is 1. The van der Waals surface area contributed by atoms with Gasteiger partial charge in [-0.05, 0) is 38.3 Å². The minimum atomic E-state index is -0.497. The first kappa shape index (κ1) is 17.5. The van der Waals surface area contributed by atoms with E-state index < -0.39 is 6.04 Å². The molecule has 1 fully saturated rings. The molecule has 0 aromatic carbocycles. The number of piperidine rings is 1. The molecule has 25 heavy (non-hydrogen) atoms. The van der Waals surface area contributed by atoms with Gasteiger partial charge < -0.3 is 18.5 Å². The Bertz CT molecular complexity index is 715. The highest BCUT2D eigenvalue weighted by molar-refractivity contribution is 7.99. The van der Waals surface area contributed by atoms with Gasteiger partial charge in [-0.25, -0.2) is 4.79 Å². The molecule has 1 amide bonds. The fourth-order valence-electron chi connectivity index (χ4n) is 2.69. The molecule has 8 nitrogen and oxygen atoms in total. The summed E-state index contributed by atoms with van der Waals surface area (Å²) in [5, 5.41) is 8.07. The van der Waals surface area contributed by atoms with E-state index in [1.54, 1.807) is 24.0 Å². The van der Waals surface area contributed by atoms with Crippen molar-refractivity contribution < 1.29 is 23.2 Å². The highest BCUT2D eigenvalue weighted by Crippen LogP contribution is 2.25. The highest BCUT2D eigenvalue weighted by atomic mass is 32.2. The lowest BCUT2D eigenvalue weighted by atomic mass is 10.0. The van der Waals surface area contributed by atoms with Crippen LogP contribution in [0, 0.1) is 0 Å². The molecule has 0 bridgehead atoms. The van der Waals surface area contributed by atoms with Crippen LogP contribution in [-0.2, 0) is 14.3 Å². The van der Waals surface area contributed by atoms with E-state index in [9.17, 15) is 9.59 Å². The van der Waals surface area contributed by atoms with Crippen LogP contribution in [0.25, 0.3) is 11.7 Å². The molecule has 1 atom stereocenters. The quantitative estimate of drug-likeness (QED) is 0.568. The Labute approximate surface area is 148 Å². The predicted octanol–water partition coefficient (Wildman–Crippen LogP) is 2.37. The molecule has 2 aromatic heterocycles. The van der Waals surface area contributed by atoms with Gasteiger partial charge >= 0.3 is 5.97 Å². The largest absolute Gasteiger partial charge is 0.464 e. The second-order valence-electron chi connectivity index (χ2n) is 5.49. The molecule has 0 radical (unpaired) electrons. The average Bonchev–Trinajstić information content (AvgIpc) is 3.31. The van der Waals surface area contributed by atoms with E-state index in [4.69, 9.17) is 13.6 Å². The summed E-state index contributed by atoms with van der Waals surface area (Å²) in [6, 6.07) is 2.94. The fraction of sp³-hybridized carbons (Fsp3) is 0.500. The van der Waals surface area contributed by atoms with Crippen molar-refractivity contribution in [3.05, 3.63) is 18.4 Å². The SMILES string of the molecule is CCOC(=O)[C@@H]1CCCCN1C(=O)CSc1nnc(-c2ccco2)o1. The van der Waals surface area contributed by atoms with Gasteiger partial charge in [0.25, 0.3) is 11.1 Å². The van der Waals surface area contributed by atoms with Gasteiger partial charge in [-0.15, -0.1) is 10.2 Å². The van der Waals surface area contributed by atoms with E-state index in [1.165, 1.54) is 6.26 Å². The van der Waals surface area contributed by atoms with Crippen LogP contribution in [-0.4, -0.2) is 51.9 Å². The fourth-order valence-corrected chi connectivity index (χ4v) is 3.34. The molecule has 3 heterocycles. The molecule has 3 rings (SSSR count). The lowest BCUT2D eigenvalue weighted by molar-refractivity contribution is -0.155. The topological polar surface area (TPSA) is 98.7 Å². The average molecular weight is 365 g/mol. The first-order chi connectivity index (χ1) is 12.2. The molecule has 1 aliphatic heterocycles. The highest BCUT2D eigenvalue weighted by Gasteiger charge is 2.33. The maximum Gasteiger partial charge on any atom is 0.328 e. The van der Waals surface area contributed by atoms with Crippen LogP contribution < -0.4 is 0 Å². The summed E-state index contributed by atoms with van der Waals surface area (Å²) in [4.78, 5) is 26.2. The van der Waals surface area contributed by atoms with Gasteiger partial charge in [0.2, 0.25) is 5.91 Å². The first-order valence-corrected chi connectivity index (χ1v) is 9.14. The van der Waals surface area contributed by atoms with Gasteiger partial charge in [0.05, 0.1) is 18.6 Å². The summed E-state index contributed by atoms with van der Waals surface area (Å²) in [6.07, 6.45) is 3.95. The van der Waals surface area contributed by atoms with Crippen molar-refractivity contribution in [2.24, 2.45) is 0 Å². The molecule has 1 saturated heterocycles. The maximum atomic E-state index is 12.5. The number of rotatable bonds is 6. The normalized spacial score (nSPS) is 17.5. The Morgan fingerprint density at radius 1 is 1.40 bits per heavy atom. The first-order valence-electron chi connectivity index (χ1n) is 8.15. The minimum Gasteiger partial charge on any atom is -0.464 e. The monoisotopic (exact) mass is 365 g/mol. The second kappa shape index (κ2) is 8.19. The summed E-state index contributed by atoms with van der Waals surface area (Å²) in [6.45, 7) is 2.63. The van der Waals surface area contributed by atoms with Crippen LogP contribution in [0.1, 0.15) is 26.2 Å². The number of carbonyl (C=O) groups is 2. The van der Waals surface area contributed by atoms with Crippen LogP contribution in [0.3, 0.4) is 0 Å². The molecular formula is C16H19N3O5S.